The van der Waals surface area contributed by atoms with Crippen LogP contribution in [0, 0.1) is 6.92 Å². The number of fused-ring (bicyclic) bond motifs is 1. The molecule has 0 aliphatic heterocycles. The zero-order valence-electron chi connectivity index (χ0n) is 13.3. The van der Waals surface area contributed by atoms with E-state index in [0.717, 1.165) is 28.9 Å². The Morgan fingerprint density at radius 2 is 1.92 bits per heavy atom. The molecular weight excluding hydrogens is 333 g/mol. The first-order valence-corrected chi connectivity index (χ1v) is 7.57. The van der Waals surface area contributed by atoms with Crippen LogP contribution >= 0.6 is 0 Å². The highest BCUT2D eigenvalue weighted by atomic mass is 19.4. The third-order valence-corrected chi connectivity index (χ3v) is 3.41. The van der Waals surface area contributed by atoms with E-state index < -0.39 is 11.9 Å². The molecule has 8 heteroatoms. The number of halogens is 3. The second-order valence-electron chi connectivity index (χ2n) is 5.32. The summed E-state index contributed by atoms with van der Waals surface area (Å²) in [6.45, 7) is 2.38. The van der Waals surface area contributed by atoms with Gasteiger partial charge in [-0.05, 0) is 25.1 Å². The summed E-state index contributed by atoms with van der Waals surface area (Å²) in [5.41, 5.74) is 0.636. The van der Waals surface area contributed by atoms with E-state index in [2.05, 4.69) is 20.3 Å². The highest BCUT2D eigenvalue weighted by Crippen LogP contribution is 2.27. The molecule has 0 saturated carbocycles. The maximum atomic E-state index is 12.6. The van der Waals surface area contributed by atoms with Crippen molar-refractivity contribution >= 4 is 16.9 Å². The average Bonchev–Trinajstić information content (AvgIpc) is 2.58. The van der Waals surface area contributed by atoms with Crippen LogP contribution in [-0.2, 0) is 6.18 Å². The quantitative estimate of drug-likeness (QED) is 0.710. The maximum Gasteiger partial charge on any atom is 0.433 e. The summed E-state index contributed by atoms with van der Waals surface area (Å²) in [5, 5.41) is 3.68. The van der Waals surface area contributed by atoms with E-state index in [-0.39, 0.29) is 19.1 Å². The molecule has 3 rings (SSSR count). The molecule has 0 amide bonds. The first kappa shape index (κ1) is 16.9. The van der Waals surface area contributed by atoms with Gasteiger partial charge in [-0.25, -0.2) is 15.0 Å². The van der Waals surface area contributed by atoms with Crippen LogP contribution in [0.3, 0.4) is 0 Å². The molecule has 1 N–H and O–H groups in total. The third kappa shape index (κ3) is 4.14. The van der Waals surface area contributed by atoms with Crippen LogP contribution in [0.5, 0.6) is 5.75 Å². The van der Waals surface area contributed by atoms with E-state index in [4.69, 9.17) is 4.74 Å². The van der Waals surface area contributed by atoms with Gasteiger partial charge in [0.05, 0.1) is 6.54 Å². The van der Waals surface area contributed by atoms with Gasteiger partial charge in [0, 0.05) is 17.3 Å². The molecule has 0 bridgehead atoms. The molecule has 0 aliphatic carbocycles. The van der Waals surface area contributed by atoms with Crippen molar-refractivity contribution in [2.45, 2.75) is 13.1 Å². The molecule has 0 fully saturated rings. The third-order valence-electron chi connectivity index (χ3n) is 3.41. The number of hydrogen-bond acceptors (Lipinski definition) is 5. The number of hydrogen-bond donors (Lipinski definition) is 1. The number of para-hydroxylation sites is 1. The van der Waals surface area contributed by atoms with Gasteiger partial charge in [0.15, 0.2) is 0 Å². The number of pyridine rings is 1. The molecule has 25 heavy (non-hydrogen) atoms. The minimum absolute atomic E-state index is 0.0923. The number of aromatic nitrogens is 3. The molecular formula is C17H15F3N4O. The zero-order chi connectivity index (χ0) is 17.9. The Hall–Kier alpha value is -2.90. The topological polar surface area (TPSA) is 59.9 Å². The van der Waals surface area contributed by atoms with Crippen LogP contribution in [-0.4, -0.2) is 28.1 Å². The van der Waals surface area contributed by atoms with Gasteiger partial charge in [-0.3, -0.25) is 0 Å². The van der Waals surface area contributed by atoms with E-state index >= 15 is 0 Å². The lowest BCUT2D eigenvalue weighted by Gasteiger charge is -2.11. The Bertz CT molecular complexity index is 883. The summed E-state index contributed by atoms with van der Waals surface area (Å²) in [7, 11) is 0. The molecule has 2 heterocycles. The summed E-state index contributed by atoms with van der Waals surface area (Å²) in [6.07, 6.45) is -3.43. The molecule has 0 aliphatic rings. The molecule has 5 nitrogen and oxygen atoms in total. The van der Waals surface area contributed by atoms with E-state index in [1.54, 1.807) is 6.07 Å². The van der Waals surface area contributed by atoms with Crippen LogP contribution in [0.4, 0.5) is 19.1 Å². The highest BCUT2D eigenvalue weighted by Gasteiger charge is 2.32. The summed E-state index contributed by atoms with van der Waals surface area (Å²) < 4.78 is 43.5. The largest absolute Gasteiger partial charge is 0.489 e. The number of nitrogens with zero attached hydrogens (tertiary/aromatic N) is 3. The Morgan fingerprint density at radius 3 is 2.72 bits per heavy atom. The number of ether oxygens (including phenoxy) is 1. The molecule has 3 aromatic rings. The molecule has 130 valence electrons. The highest BCUT2D eigenvalue weighted by molar-refractivity contribution is 5.84. The van der Waals surface area contributed by atoms with Gasteiger partial charge in [-0.1, -0.05) is 18.2 Å². The fourth-order valence-electron chi connectivity index (χ4n) is 2.26. The van der Waals surface area contributed by atoms with Gasteiger partial charge in [-0.2, -0.15) is 13.2 Å². The minimum Gasteiger partial charge on any atom is -0.489 e. The van der Waals surface area contributed by atoms with Gasteiger partial charge in [0.25, 0.3) is 0 Å². The number of aryl methyl sites for hydroxylation is 1. The second kappa shape index (κ2) is 6.92. The van der Waals surface area contributed by atoms with Crippen molar-refractivity contribution in [1.29, 1.82) is 0 Å². The Balaban J connectivity index is 1.62. The lowest BCUT2D eigenvalue weighted by Crippen LogP contribution is -2.16. The first-order valence-electron chi connectivity index (χ1n) is 7.57. The Labute approximate surface area is 141 Å². The first-order chi connectivity index (χ1) is 11.9. The van der Waals surface area contributed by atoms with Crippen molar-refractivity contribution in [2.24, 2.45) is 0 Å². The smallest absolute Gasteiger partial charge is 0.433 e. The predicted molar refractivity (Wildman–Crippen MR) is 87.5 cm³/mol. The lowest BCUT2D eigenvalue weighted by molar-refractivity contribution is -0.141. The lowest BCUT2D eigenvalue weighted by atomic mass is 10.2. The van der Waals surface area contributed by atoms with Crippen molar-refractivity contribution in [2.75, 3.05) is 18.5 Å². The number of anilines is 1. The predicted octanol–water partition coefficient (Wildman–Crippen LogP) is 3.84. The molecule has 0 spiro atoms. The number of alkyl halides is 3. The average molecular weight is 348 g/mol. The van der Waals surface area contributed by atoms with Gasteiger partial charge >= 0.3 is 6.18 Å². The van der Waals surface area contributed by atoms with Crippen molar-refractivity contribution < 1.29 is 17.9 Å². The van der Waals surface area contributed by atoms with Gasteiger partial charge in [-0.15, -0.1) is 0 Å². The zero-order valence-corrected chi connectivity index (χ0v) is 13.3. The summed E-state index contributed by atoms with van der Waals surface area (Å²) in [4.78, 5) is 11.7. The standard InChI is InChI=1S/C17H15F3N4O/c1-11-5-6-12-3-2-4-13(15(12)23-11)25-10-9-22-16-21-8-7-14(24-16)17(18,19)20/h2-8H,9-10H2,1H3,(H,21,22,24). The van der Waals surface area contributed by atoms with Crippen LogP contribution in [0.1, 0.15) is 11.4 Å². The van der Waals surface area contributed by atoms with Crippen LogP contribution in [0.25, 0.3) is 10.9 Å². The number of benzene rings is 1. The fourth-order valence-corrected chi connectivity index (χ4v) is 2.26. The summed E-state index contributed by atoms with van der Waals surface area (Å²) >= 11 is 0. The van der Waals surface area contributed by atoms with Gasteiger partial charge < -0.3 is 10.1 Å². The van der Waals surface area contributed by atoms with Gasteiger partial charge in [0.1, 0.15) is 23.6 Å². The van der Waals surface area contributed by atoms with Gasteiger partial charge in [0.2, 0.25) is 5.95 Å². The SMILES string of the molecule is Cc1ccc2cccc(OCCNc3nccc(C(F)(F)F)n3)c2n1. The Kier molecular flexibility index (Phi) is 4.69. The van der Waals surface area contributed by atoms with Crippen molar-refractivity contribution in [3.8, 4) is 5.75 Å². The van der Waals surface area contributed by atoms with Crippen LogP contribution < -0.4 is 10.1 Å². The van der Waals surface area contributed by atoms with E-state index in [9.17, 15) is 13.2 Å². The summed E-state index contributed by atoms with van der Waals surface area (Å²) in [5.74, 6) is 0.526. The monoisotopic (exact) mass is 348 g/mol. The molecule has 0 saturated heterocycles. The van der Waals surface area contributed by atoms with Crippen molar-refractivity contribution in [1.82, 2.24) is 15.0 Å². The molecule has 0 atom stereocenters. The van der Waals surface area contributed by atoms with E-state index in [1.165, 1.54) is 0 Å². The minimum atomic E-state index is -4.50. The summed E-state index contributed by atoms with van der Waals surface area (Å²) in [6, 6.07) is 10.3. The maximum absolute atomic E-state index is 12.6. The van der Waals surface area contributed by atoms with Crippen molar-refractivity contribution in [3.63, 3.8) is 0 Å². The van der Waals surface area contributed by atoms with Crippen molar-refractivity contribution in [3.05, 3.63) is 54.0 Å². The molecule has 0 unspecified atom stereocenters. The molecule has 0 radical (unpaired) electrons. The number of nitrogens with one attached hydrogen (secondary N) is 1. The van der Waals surface area contributed by atoms with E-state index in [0.29, 0.717) is 5.75 Å². The number of rotatable bonds is 5. The molecule has 1 aromatic carbocycles. The fraction of sp³-hybridized carbons (Fsp3) is 0.235. The van der Waals surface area contributed by atoms with E-state index in [1.807, 2.05) is 31.2 Å². The normalized spacial score (nSPS) is 11.5. The second-order valence-corrected chi connectivity index (χ2v) is 5.32. The van der Waals surface area contributed by atoms with Crippen LogP contribution in [0.15, 0.2) is 42.6 Å². The van der Waals surface area contributed by atoms with Crippen LogP contribution in [0.2, 0.25) is 0 Å². The molecule has 2 aromatic heterocycles. The Morgan fingerprint density at radius 1 is 1.08 bits per heavy atom.